The molecule has 0 saturated heterocycles. The van der Waals surface area contributed by atoms with E-state index in [2.05, 4.69) is 5.48 Å². The third-order valence-electron chi connectivity index (χ3n) is 1.66. The van der Waals surface area contributed by atoms with Gasteiger partial charge < -0.3 is 4.84 Å². The number of hydrogen-bond donors (Lipinski definition) is 3. The van der Waals surface area contributed by atoms with Crippen molar-refractivity contribution in [2.24, 2.45) is 11.5 Å². The molecule has 0 amide bonds. The summed E-state index contributed by atoms with van der Waals surface area (Å²) in [6.07, 6.45) is 0. The lowest BCUT2D eigenvalue weighted by atomic mass is 10.1. The Kier molecular flexibility index (Phi) is 1.17. The van der Waals surface area contributed by atoms with Crippen LogP contribution in [0.4, 0.5) is 0 Å². The fourth-order valence-electron chi connectivity index (χ4n) is 1.09. The molecule has 58 valence electrons. The predicted octanol–water partition coefficient (Wildman–Crippen LogP) is -0.389. The van der Waals surface area contributed by atoms with E-state index in [4.69, 9.17) is 16.3 Å². The van der Waals surface area contributed by atoms with Gasteiger partial charge in [0.05, 0.1) is 0 Å². The van der Waals surface area contributed by atoms with Crippen LogP contribution in [0.15, 0.2) is 24.3 Å². The SMILES string of the molecule is NC1(N)NOc2ccccc21. The van der Waals surface area contributed by atoms with E-state index in [9.17, 15) is 0 Å². The van der Waals surface area contributed by atoms with E-state index < -0.39 is 5.79 Å². The standard InChI is InChI=1S/C7H9N3O/c8-7(9)5-3-1-2-4-6(5)11-10-7/h1-4,10H,8-9H2. The van der Waals surface area contributed by atoms with Gasteiger partial charge in [-0.3, -0.25) is 11.5 Å². The Hall–Kier alpha value is -1.10. The van der Waals surface area contributed by atoms with Crippen molar-refractivity contribution in [2.45, 2.75) is 5.79 Å². The van der Waals surface area contributed by atoms with E-state index in [1.54, 1.807) is 0 Å². The maximum Gasteiger partial charge on any atom is 0.181 e. The molecule has 4 nitrogen and oxygen atoms in total. The zero-order valence-corrected chi connectivity index (χ0v) is 5.87. The van der Waals surface area contributed by atoms with Crippen molar-refractivity contribution in [1.29, 1.82) is 0 Å². The van der Waals surface area contributed by atoms with Gasteiger partial charge in [-0.25, -0.2) is 0 Å². The van der Waals surface area contributed by atoms with Gasteiger partial charge in [0.15, 0.2) is 11.5 Å². The van der Waals surface area contributed by atoms with Crippen LogP contribution < -0.4 is 21.8 Å². The van der Waals surface area contributed by atoms with Gasteiger partial charge in [0.2, 0.25) is 0 Å². The van der Waals surface area contributed by atoms with E-state index in [1.165, 1.54) is 0 Å². The molecule has 1 aromatic rings. The fraction of sp³-hybridized carbons (Fsp3) is 0.143. The first kappa shape index (κ1) is 6.60. The molecule has 4 heteroatoms. The van der Waals surface area contributed by atoms with Crippen LogP contribution in [0.3, 0.4) is 0 Å². The first-order valence-corrected chi connectivity index (χ1v) is 3.31. The van der Waals surface area contributed by atoms with Crippen LogP contribution in [0.1, 0.15) is 5.56 Å². The van der Waals surface area contributed by atoms with Gasteiger partial charge in [0, 0.05) is 5.56 Å². The summed E-state index contributed by atoms with van der Waals surface area (Å²) in [5.74, 6) is -0.353. The molecular weight excluding hydrogens is 142 g/mol. The lowest BCUT2D eigenvalue weighted by molar-refractivity contribution is 0.136. The van der Waals surface area contributed by atoms with Crippen molar-refractivity contribution in [3.05, 3.63) is 29.8 Å². The highest BCUT2D eigenvalue weighted by molar-refractivity contribution is 5.39. The molecule has 5 N–H and O–H groups in total. The summed E-state index contributed by atoms with van der Waals surface area (Å²) >= 11 is 0. The monoisotopic (exact) mass is 151 g/mol. The maximum absolute atomic E-state index is 5.63. The number of rotatable bonds is 0. The van der Waals surface area contributed by atoms with Gasteiger partial charge in [-0.1, -0.05) is 18.2 Å². The summed E-state index contributed by atoms with van der Waals surface area (Å²) in [5, 5.41) is 0. The quantitative estimate of drug-likeness (QED) is 0.441. The Bertz CT molecular complexity index is 285. The fourth-order valence-corrected chi connectivity index (χ4v) is 1.09. The lowest BCUT2D eigenvalue weighted by Crippen LogP contribution is -2.55. The number of hydroxylamine groups is 1. The Labute approximate surface area is 64.1 Å². The summed E-state index contributed by atoms with van der Waals surface area (Å²) < 4.78 is 0. The largest absolute Gasteiger partial charge is 0.405 e. The molecule has 0 aliphatic carbocycles. The topological polar surface area (TPSA) is 73.3 Å². The second-order valence-electron chi connectivity index (χ2n) is 2.57. The summed E-state index contributed by atoms with van der Waals surface area (Å²) in [6, 6.07) is 7.37. The van der Waals surface area contributed by atoms with Crippen molar-refractivity contribution in [3.63, 3.8) is 0 Å². The van der Waals surface area contributed by atoms with Crippen LogP contribution in [-0.4, -0.2) is 0 Å². The zero-order valence-electron chi connectivity index (χ0n) is 5.87. The second kappa shape index (κ2) is 1.94. The molecule has 1 aliphatic heterocycles. The van der Waals surface area contributed by atoms with Gasteiger partial charge >= 0.3 is 0 Å². The first-order chi connectivity index (χ1) is 5.20. The molecule has 0 atom stereocenters. The minimum atomic E-state index is -1.05. The summed E-state index contributed by atoms with van der Waals surface area (Å²) in [6.45, 7) is 0. The molecule has 0 radical (unpaired) electrons. The average molecular weight is 151 g/mol. The molecule has 2 rings (SSSR count). The minimum absolute atomic E-state index is 0.692. The summed E-state index contributed by atoms with van der Waals surface area (Å²) in [4.78, 5) is 5.01. The molecule has 1 aliphatic rings. The van der Waals surface area contributed by atoms with E-state index in [-0.39, 0.29) is 0 Å². The summed E-state index contributed by atoms with van der Waals surface area (Å²) in [5.41, 5.74) is 14.6. The molecule has 0 saturated carbocycles. The minimum Gasteiger partial charge on any atom is -0.405 e. The Morgan fingerprint density at radius 2 is 2.00 bits per heavy atom. The van der Waals surface area contributed by atoms with Crippen molar-refractivity contribution in [3.8, 4) is 5.75 Å². The highest BCUT2D eigenvalue weighted by Gasteiger charge is 2.32. The number of benzene rings is 1. The predicted molar refractivity (Wildman–Crippen MR) is 40.3 cm³/mol. The number of nitrogens with two attached hydrogens (primary N) is 2. The third kappa shape index (κ3) is 0.883. The van der Waals surface area contributed by atoms with Crippen molar-refractivity contribution < 1.29 is 4.84 Å². The zero-order chi connectivity index (χ0) is 7.90. The van der Waals surface area contributed by atoms with E-state index >= 15 is 0 Å². The highest BCUT2D eigenvalue weighted by atomic mass is 16.7. The molecule has 0 bridgehead atoms. The smallest absolute Gasteiger partial charge is 0.181 e. The van der Waals surface area contributed by atoms with E-state index in [0.29, 0.717) is 5.75 Å². The van der Waals surface area contributed by atoms with Crippen LogP contribution >= 0.6 is 0 Å². The molecule has 0 unspecified atom stereocenters. The molecule has 11 heavy (non-hydrogen) atoms. The molecule has 1 aromatic carbocycles. The second-order valence-corrected chi connectivity index (χ2v) is 2.57. The van der Waals surface area contributed by atoms with Crippen LogP contribution in [0, 0.1) is 0 Å². The summed E-state index contributed by atoms with van der Waals surface area (Å²) in [7, 11) is 0. The van der Waals surface area contributed by atoms with Crippen molar-refractivity contribution in [1.82, 2.24) is 5.48 Å². The first-order valence-electron chi connectivity index (χ1n) is 3.31. The van der Waals surface area contributed by atoms with Crippen LogP contribution in [-0.2, 0) is 5.79 Å². The Morgan fingerprint density at radius 1 is 1.27 bits per heavy atom. The average Bonchev–Trinajstić information content (AvgIpc) is 2.29. The van der Waals surface area contributed by atoms with E-state index in [1.807, 2.05) is 24.3 Å². The number of hydrogen-bond acceptors (Lipinski definition) is 4. The van der Waals surface area contributed by atoms with Gasteiger partial charge in [-0.2, -0.15) is 0 Å². The molecule has 0 aromatic heterocycles. The van der Waals surface area contributed by atoms with Gasteiger partial charge in [-0.15, -0.1) is 5.48 Å². The highest BCUT2D eigenvalue weighted by Crippen LogP contribution is 2.27. The van der Waals surface area contributed by atoms with Crippen molar-refractivity contribution >= 4 is 0 Å². The van der Waals surface area contributed by atoms with Gasteiger partial charge in [0.25, 0.3) is 0 Å². The van der Waals surface area contributed by atoms with Crippen LogP contribution in [0.25, 0.3) is 0 Å². The normalized spacial score (nSPS) is 19.1. The maximum atomic E-state index is 5.63. The number of nitrogens with one attached hydrogen (secondary N) is 1. The van der Waals surface area contributed by atoms with E-state index in [0.717, 1.165) is 5.56 Å². The molecule has 0 fully saturated rings. The van der Waals surface area contributed by atoms with Crippen molar-refractivity contribution in [2.75, 3.05) is 0 Å². The van der Waals surface area contributed by atoms with Gasteiger partial charge in [0.1, 0.15) is 0 Å². The molecule has 0 spiro atoms. The number of para-hydroxylation sites is 1. The van der Waals surface area contributed by atoms with Crippen LogP contribution in [0.2, 0.25) is 0 Å². The molecule has 1 heterocycles. The Balaban J connectivity index is 2.56. The number of fused-ring (bicyclic) bond motifs is 1. The lowest BCUT2D eigenvalue weighted by Gasteiger charge is -2.15. The van der Waals surface area contributed by atoms with Gasteiger partial charge in [-0.05, 0) is 6.07 Å². The Morgan fingerprint density at radius 3 is 2.73 bits per heavy atom. The molecular formula is C7H9N3O. The third-order valence-corrected chi connectivity index (χ3v) is 1.66. The van der Waals surface area contributed by atoms with Crippen LogP contribution in [0.5, 0.6) is 5.75 Å².